The van der Waals surface area contributed by atoms with Crippen LogP contribution >= 0.6 is 0 Å². The third kappa shape index (κ3) is 9.38. The van der Waals surface area contributed by atoms with Crippen LogP contribution in [-0.4, -0.2) is 77.5 Å². The number of nitrogen functional groups attached to an aromatic ring is 1. The first-order chi connectivity index (χ1) is 25.0. The van der Waals surface area contributed by atoms with Crippen molar-refractivity contribution < 1.29 is 29.0 Å². The number of carbonyl (C=O) groups is 4. The van der Waals surface area contributed by atoms with E-state index < -0.39 is 12.1 Å². The summed E-state index contributed by atoms with van der Waals surface area (Å²) in [6.45, 7) is 3.95. The number of rotatable bonds is 13. The van der Waals surface area contributed by atoms with Crippen molar-refractivity contribution in [2.24, 2.45) is 5.92 Å². The maximum atomic E-state index is 13.9. The lowest BCUT2D eigenvalue weighted by Gasteiger charge is -2.38. The van der Waals surface area contributed by atoms with E-state index in [0.29, 0.717) is 48.4 Å². The van der Waals surface area contributed by atoms with E-state index in [1.807, 2.05) is 49.4 Å². The van der Waals surface area contributed by atoms with Crippen molar-refractivity contribution >= 4 is 57.3 Å². The van der Waals surface area contributed by atoms with E-state index in [1.165, 1.54) is 0 Å². The molecule has 5 amide bonds. The number of nitrogens with zero attached hydrogens (tertiary/aromatic N) is 2. The number of amides is 5. The molecule has 0 aromatic heterocycles. The van der Waals surface area contributed by atoms with E-state index in [1.54, 1.807) is 66.2 Å². The number of para-hydroxylation sites is 3. The molecule has 4 aromatic rings. The largest absolute Gasteiger partial charge is 0.485 e. The van der Waals surface area contributed by atoms with Gasteiger partial charge >= 0.3 is 6.03 Å². The van der Waals surface area contributed by atoms with E-state index >= 15 is 0 Å². The molecule has 0 fully saturated rings. The Kier molecular flexibility index (Phi) is 12.7. The van der Waals surface area contributed by atoms with Crippen LogP contribution in [0.4, 0.5) is 27.5 Å². The van der Waals surface area contributed by atoms with Crippen LogP contribution < -0.4 is 26.4 Å². The molecule has 0 unspecified atom stereocenters. The Morgan fingerprint density at radius 2 is 1.48 bits per heavy atom. The van der Waals surface area contributed by atoms with Crippen LogP contribution in [0.1, 0.15) is 56.3 Å². The van der Waals surface area contributed by atoms with Gasteiger partial charge in [0.15, 0.2) is 5.75 Å². The summed E-state index contributed by atoms with van der Waals surface area (Å²) in [5.41, 5.74) is 8.26. The average Bonchev–Trinajstić information content (AvgIpc) is 3.13. The van der Waals surface area contributed by atoms with Crippen molar-refractivity contribution in [3.63, 3.8) is 0 Å². The first-order valence-corrected chi connectivity index (χ1v) is 17.7. The summed E-state index contributed by atoms with van der Waals surface area (Å²) in [5.74, 6) is -0.761. The highest BCUT2D eigenvalue weighted by molar-refractivity contribution is 6.02. The maximum Gasteiger partial charge on any atom is 0.321 e. The minimum atomic E-state index is -0.570. The Bertz CT molecular complexity index is 1890. The number of urea groups is 1. The predicted octanol–water partition coefficient (Wildman–Crippen LogP) is 6.33. The summed E-state index contributed by atoms with van der Waals surface area (Å²) < 4.78 is 6.58. The number of aliphatic hydroxyl groups excluding tert-OH is 1. The summed E-state index contributed by atoms with van der Waals surface area (Å²) in [6, 6.07) is 24.8. The van der Waals surface area contributed by atoms with Crippen LogP contribution in [0, 0.1) is 5.92 Å². The van der Waals surface area contributed by atoms with Crippen LogP contribution in [0.25, 0.3) is 10.8 Å². The van der Waals surface area contributed by atoms with Crippen molar-refractivity contribution in [1.29, 1.82) is 0 Å². The Morgan fingerprint density at radius 3 is 2.21 bits per heavy atom. The number of fused-ring (bicyclic) bond motifs is 2. The van der Waals surface area contributed by atoms with Crippen molar-refractivity contribution in [1.82, 2.24) is 9.80 Å². The lowest BCUT2D eigenvalue weighted by molar-refractivity contribution is -0.116. The maximum absolute atomic E-state index is 13.9. The van der Waals surface area contributed by atoms with Gasteiger partial charge in [0.25, 0.3) is 5.91 Å². The summed E-state index contributed by atoms with van der Waals surface area (Å²) in [6.07, 6.45) is 1.75. The fourth-order valence-corrected chi connectivity index (χ4v) is 6.24. The Morgan fingerprint density at radius 1 is 0.865 bits per heavy atom. The lowest BCUT2D eigenvalue weighted by atomic mass is 9.99. The van der Waals surface area contributed by atoms with Crippen LogP contribution in [0.2, 0.25) is 0 Å². The number of carbonyl (C=O) groups excluding carboxylic acids is 4. The van der Waals surface area contributed by atoms with Crippen LogP contribution in [0.5, 0.6) is 5.75 Å². The normalized spacial score (nSPS) is 16.2. The molecule has 5 rings (SSSR count). The molecular weight excluding hydrogens is 660 g/mol. The smallest absolute Gasteiger partial charge is 0.321 e. The summed E-state index contributed by atoms with van der Waals surface area (Å²) in [5, 5.41) is 20.7. The molecule has 12 heteroatoms. The second-order valence-electron chi connectivity index (χ2n) is 13.4. The highest BCUT2D eigenvalue weighted by Gasteiger charge is 2.35. The molecule has 6 N–H and O–H groups in total. The summed E-state index contributed by atoms with van der Waals surface area (Å²) >= 11 is 0. The van der Waals surface area contributed by atoms with Crippen molar-refractivity contribution in [3.8, 4) is 5.75 Å². The van der Waals surface area contributed by atoms with Crippen LogP contribution in [-0.2, 0) is 9.59 Å². The van der Waals surface area contributed by atoms with Crippen LogP contribution in [0.15, 0.2) is 84.9 Å². The number of aliphatic hydroxyl groups is 1. The number of unbranched alkanes of at least 4 members (excludes halogenated alkanes) is 2. The first-order valence-electron chi connectivity index (χ1n) is 17.7. The Balaban J connectivity index is 1.25. The van der Waals surface area contributed by atoms with Gasteiger partial charge in [0.05, 0.1) is 47.5 Å². The molecule has 1 aliphatic heterocycles. The van der Waals surface area contributed by atoms with Gasteiger partial charge in [0.1, 0.15) is 6.10 Å². The molecule has 52 heavy (non-hydrogen) atoms. The quantitative estimate of drug-likeness (QED) is 0.0799. The molecule has 0 aliphatic carbocycles. The van der Waals surface area contributed by atoms with E-state index in [9.17, 15) is 24.3 Å². The standard InChI is InChI=1S/C40H48N6O6/c1-26-23-46(27(2)25-47)39(50)30-16-12-20-34(43-37(49)22-6-4-5-21-36(48)42-33-18-10-9-17-31(33)41)38(30)52-35(26)24-45(3)40(51)44-32-19-11-14-28-13-7-8-15-29(28)32/h7-20,26-27,35,47H,4-6,21-25,41H2,1-3H3,(H,42,48)(H,43,49)(H,44,51)/t26-,27-,35+/m0/s1. The third-order valence-corrected chi connectivity index (χ3v) is 9.34. The van der Waals surface area contributed by atoms with E-state index in [-0.39, 0.29) is 67.1 Å². The fraction of sp³-hybridized carbons (Fsp3) is 0.350. The first kappa shape index (κ1) is 37.6. The van der Waals surface area contributed by atoms with E-state index in [2.05, 4.69) is 16.0 Å². The molecule has 274 valence electrons. The zero-order chi connectivity index (χ0) is 37.2. The number of ether oxygens (including phenoxy) is 1. The molecule has 0 spiro atoms. The van der Waals surface area contributed by atoms with Gasteiger partial charge in [-0.05, 0) is 55.5 Å². The Labute approximate surface area is 304 Å². The fourth-order valence-electron chi connectivity index (χ4n) is 6.24. The number of benzene rings is 4. The molecule has 0 saturated heterocycles. The molecule has 4 aromatic carbocycles. The summed E-state index contributed by atoms with van der Waals surface area (Å²) in [7, 11) is 1.68. The van der Waals surface area contributed by atoms with Gasteiger partial charge in [-0.3, -0.25) is 14.4 Å². The van der Waals surface area contributed by atoms with Crippen LogP contribution in [0.3, 0.4) is 0 Å². The lowest BCUT2D eigenvalue weighted by Crippen LogP contribution is -2.50. The molecule has 0 bridgehead atoms. The van der Waals surface area contributed by atoms with Gasteiger partial charge in [-0.15, -0.1) is 0 Å². The zero-order valence-electron chi connectivity index (χ0n) is 29.9. The third-order valence-electron chi connectivity index (χ3n) is 9.34. The topological polar surface area (TPSA) is 166 Å². The monoisotopic (exact) mass is 708 g/mol. The number of hydrogen-bond acceptors (Lipinski definition) is 7. The molecule has 0 saturated carbocycles. The number of nitrogens with one attached hydrogen (secondary N) is 3. The van der Waals surface area contributed by atoms with E-state index in [4.69, 9.17) is 10.5 Å². The molecule has 1 heterocycles. The van der Waals surface area contributed by atoms with Gasteiger partial charge in [-0.2, -0.15) is 0 Å². The SMILES string of the molecule is C[C@H]1CN([C@@H](C)CO)C(=O)c2cccc(NC(=O)CCCCCC(=O)Nc3ccccc3N)c2O[C@@H]1CN(C)C(=O)Nc1cccc2ccccc12. The highest BCUT2D eigenvalue weighted by Crippen LogP contribution is 2.35. The zero-order valence-corrected chi connectivity index (χ0v) is 29.9. The molecule has 0 radical (unpaired) electrons. The van der Waals surface area contributed by atoms with Crippen molar-refractivity contribution in [2.75, 3.05) is 48.4 Å². The molecule has 3 atom stereocenters. The second kappa shape index (κ2) is 17.5. The minimum Gasteiger partial charge on any atom is -0.485 e. The van der Waals surface area contributed by atoms with E-state index in [0.717, 1.165) is 10.8 Å². The molecule has 1 aliphatic rings. The number of likely N-dealkylation sites (N-methyl/N-ethyl adjacent to an activating group) is 1. The number of nitrogens with two attached hydrogens (primary N) is 1. The van der Waals surface area contributed by atoms with Gasteiger partial charge < -0.3 is 41.3 Å². The Hall–Kier alpha value is -5.62. The van der Waals surface area contributed by atoms with Gasteiger partial charge in [0, 0.05) is 37.7 Å². The second-order valence-corrected chi connectivity index (χ2v) is 13.4. The van der Waals surface area contributed by atoms with Crippen molar-refractivity contribution in [2.45, 2.75) is 58.1 Å². The van der Waals surface area contributed by atoms with Gasteiger partial charge in [-0.1, -0.05) is 67.9 Å². The summed E-state index contributed by atoms with van der Waals surface area (Å²) in [4.78, 5) is 56.0. The van der Waals surface area contributed by atoms with Gasteiger partial charge in [0.2, 0.25) is 11.8 Å². The predicted molar refractivity (Wildman–Crippen MR) is 204 cm³/mol. The minimum absolute atomic E-state index is 0.142. The van der Waals surface area contributed by atoms with Gasteiger partial charge in [-0.25, -0.2) is 4.79 Å². The molecule has 12 nitrogen and oxygen atoms in total. The average molecular weight is 709 g/mol. The highest BCUT2D eigenvalue weighted by atomic mass is 16.5. The van der Waals surface area contributed by atoms with Crippen molar-refractivity contribution in [3.05, 3.63) is 90.5 Å². The number of hydrogen-bond donors (Lipinski definition) is 5. The number of anilines is 4. The molecular formula is C40H48N6O6.